The summed E-state index contributed by atoms with van der Waals surface area (Å²) in [4.78, 5) is 20.5. The monoisotopic (exact) mass is 442 g/mol. The van der Waals surface area contributed by atoms with Gasteiger partial charge in [0.1, 0.15) is 5.82 Å². The number of hydrogen-bond donors (Lipinski definition) is 1. The van der Waals surface area contributed by atoms with Crippen molar-refractivity contribution in [3.63, 3.8) is 0 Å². The van der Waals surface area contributed by atoms with E-state index in [1.165, 1.54) is 21.4 Å². The number of thiazole rings is 1. The lowest BCUT2D eigenvalue weighted by Gasteiger charge is -2.36. The summed E-state index contributed by atoms with van der Waals surface area (Å²) in [5.41, 5.74) is 2.40. The molecule has 0 bridgehead atoms. The summed E-state index contributed by atoms with van der Waals surface area (Å²) in [5, 5.41) is 15.3. The molecule has 1 aliphatic heterocycles. The van der Waals surface area contributed by atoms with Crippen LogP contribution in [-0.2, 0) is 9.53 Å². The number of rotatable bonds is 6. The van der Waals surface area contributed by atoms with Crippen LogP contribution in [0.25, 0.3) is 4.96 Å². The molecule has 1 fully saturated rings. The van der Waals surface area contributed by atoms with Gasteiger partial charge >= 0.3 is 5.97 Å². The second-order valence-corrected chi connectivity index (χ2v) is 9.44. The van der Waals surface area contributed by atoms with E-state index in [2.05, 4.69) is 53.1 Å². The van der Waals surface area contributed by atoms with E-state index in [0.29, 0.717) is 23.3 Å². The van der Waals surface area contributed by atoms with Crippen molar-refractivity contribution in [1.29, 1.82) is 0 Å². The number of ether oxygens (including phenoxy) is 1. The largest absolute Gasteiger partial charge is 0.492 e. The Labute approximate surface area is 186 Å². The summed E-state index contributed by atoms with van der Waals surface area (Å²) in [6, 6.07) is 8.52. The Morgan fingerprint density at radius 2 is 1.87 bits per heavy atom. The highest BCUT2D eigenvalue weighted by Crippen LogP contribution is 2.41. The van der Waals surface area contributed by atoms with Crippen LogP contribution in [-0.4, -0.2) is 50.3 Å². The van der Waals surface area contributed by atoms with Crippen molar-refractivity contribution in [1.82, 2.24) is 19.5 Å². The Hall–Kier alpha value is -2.45. The minimum absolute atomic E-state index is 0.0567. The highest BCUT2D eigenvalue weighted by Gasteiger charge is 2.34. The fourth-order valence-electron chi connectivity index (χ4n) is 4.27. The van der Waals surface area contributed by atoms with Crippen molar-refractivity contribution in [2.75, 3.05) is 19.7 Å². The summed E-state index contributed by atoms with van der Waals surface area (Å²) in [6.45, 7) is 9.95. The van der Waals surface area contributed by atoms with Gasteiger partial charge in [0.15, 0.2) is 0 Å². The Balaban J connectivity index is 1.67. The summed E-state index contributed by atoms with van der Waals surface area (Å²) in [5.74, 6) is 1.08. The average molecular weight is 443 g/mol. The first-order valence-electron chi connectivity index (χ1n) is 10.9. The van der Waals surface area contributed by atoms with Crippen LogP contribution in [0, 0.1) is 12.8 Å². The number of piperidine rings is 1. The molecule has 0 amide bonds. The van der Waals surface area contributed by atoms with Gasteiger partial charge in [-0.05, 0) is 56.8 Å². The predicted molar refractivity (Wildman–Crippen MR) is 121 cm³/mol. The van der Waals surface area contributed by atoms with Crippen LogP contribution in [0.3, 0.4) is 0 Å². The number of carbonyl (C=O) groups excluding carboxylic acids is 1. The van der Waals surface area contributed by atoms with Crippen LogP contribution in [0.4, 0.5) is 0 Å². The molecule has 166 valence electrons. The van der Waals surface area contributed by atoms with E-state index in [9.17, 15) is 9.90 Å². The zero-order valence-electron chi connectivity index (χ0n) is 18.5. The van der Waals surface area contributed by atoms with Gasteiger partial charge < -0.3 is 9.84 Å². The van der Waals surface area contributed by atoms with Crippen LogP contribution in [0.5, 0.6) is 5.88 Å². The SMILES string of the molecule is CCOC(=O)C1CCN([C@@H](c2ccc(C(C)C)cc2)c2sc3nc(C)nn3c2O)CC1. The van der Waals surface area contributed by atoms with Crippen LogP contribution >= 0.6 is 11.3 Å². The van der Waals surface area contributed by atoms with Gasteiger partial charge in [-0.15, -0.1) is 5.10 Å². The van der Waals surface area contributed by atoms with E-state index >= 15 is 0 Å². The number of likely N-dealkylation sites (tertiary alicyclic amines) is 1. The molecule has 4 rings (SSSR count). The maximum absolute atomic E-state index is 12.2. The Morgan fingerprint density at radius 1 is 1.23 bits per heavy atom. The van der Waals surface area contributed by atoms with Crippen molar-refractivity contribution in [2.24, 2.45) is 5.92 Å². The van der Waals surface area contributed by atoms with E-state index in [-0.39, 0.29) is 23.8 Å². The number of carbonyl (C=O) groups is 1. The Morgan fingerprint density at radius 3 is 2.45 bits per heavy atom. The van der Waals surface area contributed by atoms with E-state index in [4.69, 9.17) is 4.74 Å². The third-order valence-electron chi connectivity index (χ3n) is 5.99. The van der Waals surface area contributed by atoms with E-state index in [1.807, 2.05) is 13.8 Å². The van der Waals surface area contributed by atoms with Crippen LogP contribution in [0.15, 0.2) is 24.3 Å². The molecule has 0 spiro atoms. The smallest absolute Gasteiger partial charge is 0.309 e. The van der Waals surface area contributed by atoms with Gasteiger partial charge in [0.05, 0.1) is 23.4 Å². The van der Waals surface area contributed by atoms with Crippen LogP contribution in [0.2, 0.25) is 0 Å². The fourth-order valence-corrected chi connectivity index (χ4v) is 5.43. The molecule has 0 unspecified atom stereocenters. The zero-order chi connectivity index (χ0) is 22.1. The maximum Gasteiger partial charge on any atom is 0.309 e. The highest BCUT2D eigenvalue weighted by molar-refractivity contribution is 7.17. The topological polar surface area (TPSA) is 80.0 Å². The lowest BCUT2D eigenvalue weighted by atomic mass is 9.93. The zero-order valence-corrected chi connectivity index (χ0v) is 19.4. The molecular weight excluding hydrogens is 412 g/mol. The fraction of sp³-hybridized carbons (Fsp3) is 0.522. The van der Waals surface area contributed by atoms with E-state index in [0.717, 1.165) is 36.4 Å². The minimum atomic E-state index is -0.113. The normalized spacial score (nSPS) is 16.8. The molecule has 7 nitrogen and oxygen atoms in total. The molecule has 1 atom stereocenters. The van der Waals surface area contributed by atoms with Gasteiger partial charge in [-0.3, -0.25) is 9.69 Å². The summed E-state index contributed by atoms with van der Waals surface area (Å²) in [6.07, 6.45) is 1.50. The van der Waals surface area contributed by atoms with Gasteiger partial charge in [0.2, 0.25) is 10.8 Å². The molecule has 0 aliphatic carbocycles. The molecule has 8 heteroatoms. The molecule has 3 aromatic rings. The van der Waals surface area contributed by atoms with Crippen molar-refractivity contribution in [3.8, 4) is 5.88 Å². The maximum atomic E-state index is 12.2. The molecule has 1 aliphatic rings. The average Bonchev–Trinajstić information content (AvgIpc) is 3.26. The predicted octanol–water partition coefficient (Wildman–Crippen LogP) is 4.29. The van der Waals surface area contributed by atoms with Crippen molar-refractivity contribution in [3.05, 3.63) is 46.1 Å². The number of aryl methyl sites for hydroxylation is 1. The van der Waals surface area contributed by atoms with E-state index < -0.39 is 0 Å². The first kappa shape index (κ1) is 21.8. The number of benzene rings is 1. The summed E-state index contributed by atoms with van der Waals surface area (Å²) >= 11 is 1.47. The Kier molecular flexibility index (Phi) is 6.29. The number of hydrogen-bond acceptors (Lipinski definition) is 7. The van der Waals surface area contributed by atoms with Crippen molar-refractivity contribution >= 4 is 22.3 Å². The third-order valence-corrected chi connectivity index (χ3v) is 7.06. The van der Waals surface area contributed by atoms with Gasteiger partial charge in [-0.1, -0.05) is 49.4 Å². The Bertz CT molecular complexity index is 1050. The first-order valence-corrected chi connectivity index (χ1v) is 11.8. The molecule has 1 saturated heterocycles. The van der Waals surface area contributed by atoms with Gasteiger partial charge in [-0.2, -0.15) is 4.52 Å². The first-order chi connectivity index (χ1) is 14.9. The summed E-state index contributed by atoms with van der Waals surface area (Å²) in [7, 11) is 0. The summed E-state index contributed by atoms with van der Waals surface area (Å²) < 4.78 is 6.75. The molecule has 2 aromatic heterocycles. The second-order valence-electron chi connectivity index (χ2n) is 8.43. The lowest BCUT2D eigenvalue weighted by molar-refractivity contribution is -0.149. The van der Waals surface area contributed by atoms with Crippen molar-refractivity contribution in [2.45, 2.75) is 52.5 Å². The van der Waals surface area contributed by atoms with Crippen molar-refractivity contribution < 1.29 is 14.6 Å². The number of nitrogens with zero attached hydrogens (tertiary/aromatic N) is 4. The molecule has 3 heterocycles. The second kappa shape index (κ2) is 8.96. The van der Waals surface area contributed by atoms with Crippen LogP contribution in [0.1, 0.15) is 67.4 Å². The highest BCUT2D eigenvalue weighted by atomic mass is 32.1. The van der Waals surface area contributed by atoms with Crippen LogP contribution < -0.4 is 0 Å². The molecule has 0 radical (unpaired) electrons. The number of fused-ring (bicyclic) bond motifs is 1. The number of aromatic nitrogens is 3. The molecule has 1 aromatic carbocycles. The molecular formula is C23H30N4O3S. The van der Waals surface area contributed by atoms with Gasteiger partial charge in [0.25, 0.3) is 0 Å². The molecule has 0 saturated carbocycles. The minimum Gasteiger partial charge on any atom is -0.492 e. The molecule has 31 heavy (non-hydrogen) atoms. The number of aromatic hydroxyl groups is 1. The van der Waals surface area contributed by atoms with Gasteiger partial charge in [-0.25, -0.2) is 4.98 Å². The van der Waals surface area contributed by atoms with E-state index in [1.54, 1.807) is 0 Å². The number of esters is 1. The molecule has 1 N–H and O–H groups in total. The third kappa shape index (κ3) is 4.32. The standard InChI is InChI=1S/C23H30N4O3S/c1-5-30-22(29)18-10-12-26(13-11-18)19(17-8-6-16(7-9-17)14(2)3)20-21(28)27-23(31-20)24-15(4)25-27/h6-9,14,18-19,28H,5,10-13H2,1-4H3/t19-/m0/s1. The lowest BCUT2D eigenvalue weighted by Crippen LogP contribution is -2.39. The van der Waals surface area contributed by atoms with Gasteiger partial charge in [0, 0.05) is 0 Å². The quantitative estimate of drug-likeness (QED) is 0.574.